The van der Waals surface area contributed by atoms with Crippen molar-refractivity contribution in [3.8, 4) is 0 Å². The van der Waals surface area contributed by atoms with Crippen LogP contribution in [0.25, 0.3) is 0 Å². The van der Waals surface area contributed by atoms with Crippen LogP contribution in [0.15, 0.2) is 35.5 Å². The maximum absolute atomic E-state index is 12.3. The van der Waals surface area contributed by atoms with Crippen LogP contribution in [0, 0.1) is 10.1 Å². The lowest BCUT2D eigenvalue weighted by Gasteiger charge is -2.19. The van der Waals surface area contributed by atoms with E-state index in [1.165, 1.54) is 0 Å². The Balaban J connectivity index is 2.10. The van der Waals surface area contributed by atoms with E-state index in [-0.39, 0.29) is 22.6 Å². The Morgan fingerprint density at radius 1 is 1.22 bits per heavy atom. The van der Waals surface area contributed by atoms with Gasteiger partial charge in [0.2, 0.25) is 6.33 Å². The standard InChI is InChI=1S/C14H18N4O4S/c1-14(2,3)11-4-6-12(7-5-11)23(21,22)9-8-17-10-15-13(16-17)18(19)20/h4-7,10H,8-9H2,1-3H3. The van der Waals surface area contributed by atoms with Crippen LogP contribution in [0.4, 0.5) is 5.95 Å². The largest absolute Gasteiger partial charge is 0.490 e. The number of hydrogen-bond donors (Lipinski definition) is 0. The zero-order valence-electron chi connectivity index (χ0n) is 13.1. The van der Waals surface area contributed by atoms with Crippen molar-refractivity contribution in [1.29, 1.82) is 0 Å². The van der Waals surface area contributed by atoms with E-state index in [0.29, 0.717) is 0 Å². The summed E-state index contributed by atoms with van der Waals surface area (Å²) in [5.74, 6) is -0.750. The number of rotatable bonds is 5. The molecule has 0 amide bonds. The van der Waals surface area contributed by atoms with Crippen molar-refractivity contribution < 1.29 is 13.3 Å². The van der Waals surface area contributed by atoms with Gasteiger partial charge in [-0.15, -0.1) is 0 Å². The zero-order chi connectivity index (χ0) is 17.3. The molecule has 0 aliphatic rings. The predicted octanol–water partition coefficient (Wildman–Crippen LogP) is 1.96. The van der Waals surface area contributed by atoms with Gasteiger partial charge in [-0.05, 0) is 28.0 Å². The van der Waals surface area contributed by atoms with E-state index in [9.17, 15) is 18.5 Å². The number of sulfone groups is 1. The van der Waals surface area contributed by atoms with Gasteiger partial charge in [0.25, 0.3) is 0 Å². The average Bonchev–Trinajstić information content (AvgIpc) is 2.94. The lowest BCUT2D eigenvalue weighted by atomic mass is 9.87. The number of aryl methyl sites for hydroxylation is 1. The van der Waals surface area contributed by atoms with Gasteiger partial charge in [-0.25, -0.2) is 8.42 Å². The van der Waals surface area contributed by atoms with E-state index >= 15 is 0 Å². The summed E-state index contributed by atoms with van der Waals surface area (Å²) in [5, 5.41) is 14.1. The van der Waals surface area contributed by atoms with E-state index in [0.717, 1.165) is 16.6 Å². The molecule has 2 aromatic rings. The summed E-state index contributed by atoms with van der Waals surface area (Å²) in [6.45, 7) is 6.15. The highest BCUT2D eigenvalue weighted by molar-refractivity contribution is 7.91. The summed E-state index contributed by atoms with van der Waals surface area (Å²) in [6, 6.07) is 6.76. The molecule has 0 unspecified atom stereocenters. The third-order valence-corrected chi connectivity index (χ3v) is 5.07. The number of aromatic nitrogens is 3. The van der Waals surface area contributed by atoms with E-state index < -0.39 is 20.7 Å². The molecule has 1 heterocycles. The molecule has 0 spiro atoms. The molecule has 0 radical (unpaired) electrons. The molecule has 23 heavy (non-hydrogen) atoms. The second kappa shape index (κ2) is 6.07. The van der Waals surface area contributed by atoms with Crippen molar-refractivity contribution in [1.82, 2.24) is 14.8 Å². The molecule has 0 atom stereocenters. The third kappa shape index (κ3) is 4.13. The van der Waals surface area contributed by atoms with Gasteiger partial charge >= 0.3 is 5.95 Å². The van der Waals surface area contributed by atoms with Crippen molar-refractivity contribution >= 4 is 15.8 Å². The molecule has 8 nitrogen and oxygen atoms in total. The van der Waals surface area contributed by atoms with E-state index in [1.807, 2.05) is 20.8 Å². The zero-order valence-corrected chi connectivity index (χ0v) is 13.9. The number of nitrogens with zero attached hydrogens (tertiary/aromatic N) is 4. The SMILES string of the molecule is CC(C)(C)c1ccc(S(=O)(=O)CCn2cnc([N+](=O)[O-])n2)cc1. The fourth-order valence-corrected chi connectivity index (χ4v) is 3.18. The van der Waals surface area contributed by atoms with Gasteiger partial charge in [0.15, 0.2) is 9.84 Å². The Labute approximate surface area is 134 Å². The second-order valence-electron chi connectivity index (χ2n) is 6.16. The van der Waals surface area contributed by atoms with Gasteiger partial charge in [-0.1, -0.05) is 37.9 Å². The fourth-order valence-electron chi connectivity index (χ4n) is 1.97. The molecule has 0 bridgehead atoms. The Morgan fingerprint density at radius 3 is 2.30 bits per heavy atom. The second-order valence-corrected chi connectivity index (χ2v) is 8.27. The smallest absolute Gasteiger partial charge is 0.390 e. The minimum absolute atomic E-state index is 0.00416. The first-order valence-electron chi connectivity index (χ1n) is 6.97. The summed E-state index contributed by atoms with van der Waals surface area (Å²) in [7, 11) is -3.49. The Morgan fingerprint density at radius 2 is 1.83 bits per heavy atom. The molecule has 2 rings (SSSR count). The van der Waals surface area contributed by atoms with Crippen molar-refractivity contribution in [2.45, 2.75) is 37.6 Å². The van der Waals surface area contributed by atoms with Gasteiger partial charge in [-0.3, -0.25) is 0 Å². The molecule has 1 aromatic carbocycles. The lowest BCUT2D eigenvalue weighted by molar-refractivity contribution is -0.394. The molecule has 9 heteroatoms. The highest BCUT2D eigenvalue weighted by Crippen LogP contribution is 2.23. The summed E-state index contributed by atoms with van der Waals surface area (Å²) < 4.78 is 25.8. The molecule has 0 aliphatic heterocycles. The third-order valence-electron chi connectivity index (χ3n) is 3.36. The number of benzene rings is 1. The van der Waals surface area contributed by atoms with Crippen LogP contribution in [0.5, 0.6) is 0 Å². The van der Waals surface area contributed by atoms with Gasteiger partial charge in [0, 0.05) is 5.10 Å². The highest BCUT2D eigenvalue weighted by Gasteiger charge is 2.19. The lowest BCUT2D eigenvalue weighted by Crippen LogP contribution is -2.15. The van der Waals surface area contributed by atoms with Crippen molar-refractivity contribution in [2.75, 3.05) is 5.75 Å². The van der Waals surface area contributed by atoms with E-state index in [4.69, 9.17) is 0 Å². The summed E-state index contributed by atoms with van der Waals surface area (Å²) in [6.07, 6.45) is 1.15. The van der Waals surface area contributed by atoms with Gasteiger partial charge in [0.05, 0.1) is 17.2 Å². The maximum Gasteiger partial charge on any atom is 0.490 e. The van der Waals surface area contributed by atoms with Crippen molar-refractivity contribution in [3.63, 3.8) is 0 Å². The molecule has 124 valence electrons. The minimum atomic E-state index is -3.49. The monoisotopic (exact) mass is 338 g/mol. The molecule has 0 N–H and O–H groups in total. The van der Waals surface area contributed by atoms with E-state index in [2.05, 4.69) is 10.1 Å². The first kappa shape index (κ1) is 17.1. The minimum Gasteiger partial charge on any atom is -0.390 e. The van der Waals surface area contributed by atoms with Crippen molar-refractivity contribution in [2.24, 2.45) is 0 Å². The Bertz CT molecular complexity index is 804. The van der Waals surface area contributed by atoms with Crippen LogP contribution < -0.4 is 0 Å². The topological polar surface area (TPSA) is 108 Å². The molecule has 1 aromatic heterocycles. The molecular formula is C14H18N4O4S. The summed E-state index contributed by atoms with van der Waals surface area (Å²) >= 11 is 0. The van der Waals surface area contributed by atoms with Crippen LogP contribution in [-0.4, -0.2) is 33.9 Å². The summed E-state index contributed by atoms with van der Waals surface area (Å²) in [4.78, 5) is 13.5. The van der Waals surface area contributed by atoms with Crippen LogP contribution in [-0.2, 0) is 21.8 Å². The van der Waals surface area contributed by atoms with Crippen LogP contribution >= 0.6 is 0 Å². The molecular weight excluding hydrogens is 320 g/mol. The van der Waals surface area contributed by atoms with Crippen LogP contribution in [0.2, 0.25) is 0 Å². The fraction of sp³-hybridized carbons (Fsp3) is 0.429. The van der Waals surface area contributed by atoms with Gasteiger partial charge in [0.1, 0.15) is 0 Å². The molecule has 0 aliphatic carbocycles. The van der Waals surface area contributed by atoms with Gasteiger partial charge < -0.3 is 10.1 Å². The number of hydrogen-bond acceptors (Lipinski definition) is 6. The van der Waals surface area contributed by atoms with E-state index in [1.54, 1.807) is 24.3 Å². The number of nitro groups is 1. The summed E-state index contributed by atoms with van der Waals surface area (Å²) in [5.41, 5.74) is 0.991. The first-order valence-corrected chi connectivity index (χ1v) is 8.62. The normalized spacial score (nSPS) is 12.3. The average molecular weight is 338 g/mol. The Kier molecular flexibility index (Phi) is 4.51. The molecule has 0 fully saturated rings. The quantitative estimate of drug-likeness (QED) is 0.609. The van der Waals surface area contributed by atoms with Crippen LogP contribution in [0.1, 0.15) is 26.3 Å². The van der Waals surface area contributed by atoms with Gasteiger partial charge in [-0.2, -0.15) is 4.68 Å². The van der Waals surface area contributed by atoms with Crippen LogP contribution in [0.3, 0.4) is 0 Å². The Hall–Kier alpha value is -2.29. The highest BCUT2D eigenvalue weighted by atomic mass is 32.2. The molecule has 0 saturated heterocycles. The molecule has 0 saturated carbocycles. The maximum atomic E-state index is 12.3. The van der Waals surface area contributed by atoms with Crippen molar-refractivity contribution in [3.05, 3.63) is 46.3 Å². The first-order chi connectivity index (χ1) is 10.6. The predicted molar refractivity (Wildman–Crippen MR) is 83.9 cm³/mol.